The zero-order valence-electron chi connectivity index (χ0n) is 9.56. The van der Waals surface area contributed by atoms with Gasteiger partial charge in [-0.1, -0.05) is 6.07 Å². The molecule has 1 aromatic rings. The van der Waals surface area contributed by atoms with Crippen molar-refractivity contribution in [3.05, 3.63) is 23.8 Å². The second-order valence-corrected chi connectivity index (χ2v) is 3.35. The van der Waals surface area contributed by atoms with E-state index < -0.39 is 6.29 Å². The minimum atomic E-state index is -0.927. The number of anilines is 2. The Morgan fingerprint density at radius 1 is 1.44 bits per heavy atom. The highest BCUT2D eigenvalue weighted by atomic mass is 16.6. The van der Waals surface area contributed by atoms with Gasteiger partial charge in [0, 0.05) is 26.3 Å². The molecule has 1 rings (SSSR count). The lowest BCUT2D eigenvalue weighted by molar-refractivity contribution is -0.0768. The van der Waals surface area contributed by atoms with E-state index in [1.54, 1.807) is 25.3 Å². The molecule has 0 aliphatic heterocycles. The number of methoxy groups -OCH3 is 2. The number of benzene rings is 1. The summed E-state index contributed by atoms with van der Waals surface area (Å²) in [5, 5.41) is 12.6. The van der Waals surface area contributed by atoms with Crippen LogP contribution in [0.3, 0.4) is 0 Å². The third-order valence-corrected chi connectivity index (χ3v) is 2.21. The summed E-state index contributed by atoms with van der Waals surface area (Å²) < 4.78 is 9.74. The van der Waals surface area contributed by atoms with Crippen LogP contribution in [0.4, 0.5) is 11.4 Å². The number of nitrogen functional groups attached to an aromatic ring is 1. The Morgan fingerprint density at radius 3 is 2.81 bits per heavy atom. The predicted molar refractivity (Wildman–Crippen MR) is 63.2 cm³/mol. The van der Waals surface area contributed by atoms with E-state index in [-0.39, 0.29) is 0 Å². The van der Waals surface area contributed by atoms with Crippen LogP contribution in [0.2, 0.25) is 0 Å². The van der Waals surface area contributed by atoms with E-state index >= 15 is 0 Å². The molecule has 0 bridgehead atoms. The van der Waals surface area contributed by atoms with Gasteiger partial charge in [-0.05, 0) is 12.1 Å². The average molecular weight is 226 g/mol. The Kier molecular flexibility index (Phi) is 5.04. The van der Waals surface area contributed by atoms with Crippen molar-refractivity contribution in [2.75, 3.05) is 38.4 Å². The van der Waals surface area contributed by atoms with Crippen molar-refractivity contribution in [1.82, 2.24) is 0 Å². The first kappa shape index (κ1) is 12.8. The zero-order chi connectivity index (χ0) is 12.0. The first-order valence-electron chi connectivity index (χ1n) is 5.02. The fourth-order valence-electron chi connectivity index (χ4n) is 1.30. The van der Waals surface area contributed by atoms with E-state index in [2.05, 4.69) is 5.32 Å². The molecular weight excluding hydrogens is 208 g/mol. The van der Waals surface area contributed by atoms with Gasteiger partial charge in [0.15, 0.2) is 6.29 Å². The van der Waals surface area contributed by atoms with E-state index in [1.807, 2.05) is 0 Å². The minimum Gasteiger partial charge on any atom is -0.397 e. The average Bonchev–Trinajstić information content (AvgIpc) is 2.31. The van der Waals surface area contributed by atoms with Crippen molar-refractivity contribution >= 4 is 11.4 Å². The molecule has 0 aromatic heterocycles. The number of hydrogen-bond acceptors (Lipinski definition) is 5. The highest BCUT2D eigenvalue weighted by molar-refractivity contribution is 5.67. The number of aliphatic hydroxyl groups excluding tert-OH is 1. The summed E-state index contributed by atoms with van der Waals surface area (Å²) in [4.78, 5) is 0. The van der Waals surface area contributed by atoms with E-state index in [0.717, 1.165) is 5.69 Å². The van der Waals surface area contributed by atoms with Gasteiger partial charge in [-0.2, -0.15) is 0 Å². The topological polar surface area (TPSA) is 76.7 Å². The first-order chi connectivity index (χ1) is 7.69. The van der Waals surface area contributed by atoms with E-state index in [0.29, 0.717) is 24.4 Å². The fourth-order valence-corrected chi connectivity index (χ4v) is 1.30. The summed E-state index contributed by atoms with van der Waals surface area (Å²) in [7, 11) is 3.08. The van der Waals surface area contributed by atoms with Gasteiger partial charge >= 0.3 is 0 Å². The molecule has 0 heterocycles. The van der Waals surface area contributed by atoms with Crippen LogP contribution in [-0.4, -0.2) is 32.5 Å². The molecule has 0 amide bonds. The monoisotopic (exact) mass is 226 g/mol. The van der Waals surface area contributed by atoms with Crippen LogP contribution < -0.4 is 11.1 Å². The van der Waals surface area contributed by atoms with Crippen LogP contribution in [-0.2, 0) is 9.47 Å². The normalized spacial score (nSPS) is 12.4. The maximum absolute atomic E-state index is 9.50. The first-order valence-corrected chi connectivity index (χ1v) is 5.02. The lowest BCUT2D eigenvalue weighted by Gasteiger charge is -2.13. The molecule has 90 valence electrons. The van der Waals surface area contributed by atoms with Crippen LogP contribution in [0.25, 0.3) is 0 Å². The SMILES string of the molecule is COCCNc1cc(C(O)OC)ccc1N. The van der Waals surface area contributed by atoms with Gasteiger partial charge in [-0.3, -0.25) is 0 Å². The number of nitrogens with one attached hydrogen (secondary N) is 1. The van der Waals surface area contributed by atoms with Gasteiger partial charge in [0.25, 0.3) is 0 Å². The van der Waals surface area contributed by atoms with E-state index in [4.69, 9.17) is 15.2 Å². The van der Waals surface area contributed by atoms with Crippen LogP contribution in [0, 0.1) is 0 Å². The van der Waals surface area contributed by atoms with E-state index in [1.165, 1.54) is 7.11 Å². The maximum atomic E-state index is 9.50. The summed E-state index contributed by atoms with van der Waals surface area (Å²) >= 11 is 0. The maximum Gasteiger partial charge on any atom is 0.180 e. The molecule has 4 N–H and O–H groups in total. The molecular formula is C11H18N2O3. The molecule has 1 aromatic carbocycles. The summed E-state index contributed by atoms with van der Waals surface area (Å²) in [6.45, 7) is 1.25. The van der Waals surface area contributed by atoms with Gasteiger partial charge in [-0.25, -0.2) is 0 Å². The Morgan fingerprint density at radius 2 is 2.19 bits per heavy atom. The number of rotatable bonds is 6. The minimum absolute atomic E-state index is 0.594. The zero-order valence-corrected chi connectivity index (χ0v) is 9.56. The molecule has 0 radical (unpaired) electrons. The quantitative estimate of drug-likeness (QED) is 0.383. The number of ether oxygens (including phenoxy) is 2. The van der Waals surface area contributed by atoms with Crippen molar-refractivity contribution in [3.8, 4) is 0 Å². The largest absolute Gasteiger partial charge is 0.397 e. The Labute approximate surface area is 95.2 Å². The molecule has 5 nitrogen and oxygen atoms in total. The Bertz CT molecular complexity index is 331. The van der Waals surface area contributed by atoms with Crippen LogP contribution in [0.5, 0.6) is 0 Å². The lowest BCUT2D eigenvalue weighted by atomic mass is 10.1. The molecule has 5 heteroatoms. The molecule has 0 spiro atoms. The molecule has 0 fully saturated rings. The number of hydrogen-bond donors (Lipinski definition) is 3. The third kappa shape index (κ3) is 3.37. The summed E-state index contributed by atoms with van der Waals surface area (Å²) in [6, 6.07) is 5.22. The predicted octanol–water partition coefficient (Wildman–Crippen LogP) is 0.964. The second kappa shape index (κ2) is 6.32. The number of nitrogens with two attached hydrogens (primary N) is 1. The summed E-state index contributed by atoms with van der Waals surface area (Å²) in [6.07, 6.45) is -0.927. The van der Waals surface area contributed by atoms with Gasteiger partial charge in [-0.15, -0.1) is 0 Å². The summed E-state index contributed by atoms with van der Waals surface area (Å²) in [5.41, 5.74) is 7.85. The van der Waals surface area contributed by atoms with Crippen molar-refractivity contribution in [2.24, 2.45) is 0 Å². The molecule has 1 unspecified atom stereocenters. The highest BCUT2D eigenvalue weighted by Gasteiger charge is 2.07. The second-order valence-electron chi connectivity index (χ2n) is 3.35. The van der Waals surface area contributed by atoms with Crippen LogP contribution in [0.15, 0.2) is 18.2 Å². The highest BCUT2D eigenvalue weighted by Crippen LogP contribution is 2.23. The standard InChI is InChI=1S/C11H18N2O3/c1-15-6-5-13-10-7-8(11(14)16-2)3-4-9(10)12/h3-4,7,11,13-14H,5-6,12H2,1-2H3. The third-order valence-electron chi connectivity index (χ3n) is 2.21. The van der Waals surface area contributed by atoms with E-state index in [9.17, 15) is 5.11 Å². The van der Waals surface area contributed by atoms with Crippen LogP contribution in [0.1, 0.15) is 11.9 Å². The van der Waals surface area contributed by atoms with Gasteiger partial charge in [0.05, 0.1) is 18.0 Å². The van der Waals surface area contributed by atoms with Gasteiger partial charge in [0.1, 0.15) is 0 Å². The lowest BCUT2D eigenvalue weighted by Crippen LogP contribution is -2.10. The molecule has 1 atom stereocenters. The smallest absolute Gasteiger partial charge is 0.180 e. The van der Waals surface area contributed by atoms with Crippen molar-refractivity contribution in [2.45, 2.75) is 6.29 Å². The summed E-state index contributed by atoms with van der Waals surface area (Å²) in [5.74, 6) is 0. The van der Waals surface area contributed by atoms with Crippen LogP contribution >= 0.6 is 0 Å². The molecule has 0 saturated heterocycles. The molecule has 0 aliphatic carbocycles. The Balaban J connectivity index is 2.74. The number of aliphatic hydroxyl groups is 1. The fraction of sp³-hybridized carbons (Fsp3) is 0.455. The van der Waals surface area contributed by atoms with Crippen molar-refractivity contribution in [1.29, 1.82) is 0 Å². The molecule has 16 heavy (non-hydrogen) atoms. The van der Waals surface area contributed by atoms with Gasteiger partial charge < -0.3 is 25.6 Å². The molecule has 0 saturated carbocycles. The molecule has 0 aliphatic rings. The van der Waals surface area contributed by atoms with Crippen molar-refractivity contribution < 1.29 is 14.6 Å². The van der Waals surface area contributed by atoms with Crippen molar-refractivity contribution in [3.63, 3.8) is 0 Å². The Hall–Kier alpha value is -1.30. The van der Waals surface area contributed by atoms with Gasteiger partial charge in [0.2, 0.25) is 0 Å².